The van der Waals surface area contributed by atoms with Gasteiger partial charge in [-0.3, -0.25) is 4.90 Å². The molecule has 0 amide bonds. The Bertz CT molecular complexity index is 455. The largest absolute Gasteiger partial charge is 0.329 e. The minimum atomic E-state index is 0.584. The van der Waals surface area contributed by atoms with E-state index in [0.717, 1.165) is 6.54 Å². The predicted molar refractivity (Wildman–Crippen MR) is 80.2 cm³/mol. The third-order valence-corrected chi connectivity index (χ3v) is 5.07. The van der Waals surface area contributed by atoms with Crippen LogP contribution in [-0.4, -0.2) is 23.5 Å². The molecule has 1 fully saturated rings. The van der Waals surface area contributed by atoms with Gasteiger partial charge in [-0.15, -0.1) is 0 Å². The Morgan fingerprint density at radius 3 is 2.89 bits per heavy atom. The number of fused-ring (bicyclic) bond motifs is 1. The molecule has 1 saturated heterocycles. The first-order chi connectivity index (χ1) is 9.20. The van der Waals surface area contributed by atoms with Crippen LogP contribution < -0.4 is 5.73 Å². The molecule has 3 atom stereocenters. The second-order valence-electron chi connectivity index (χ2n) is 6.37. The van der Waals surface area contributed by atoms with Gasteiger partial charge in [-0.2, -0.15) is 0 Å². The van der Waals surface area contributed by atoms with Crippen molar-refractivity contribution < 1.29 is 0 Å². The van der Waals surface area contributed by atoms with Crippen LogP contribution in [0.5, 0.6) is 0 Å². The molecule has 0 bridgehead atoms. The third kappa shape index (κ3) is 2.32. The Balaban J connectivity index is 1.92. The second kappa shape index (κ2) is 5.26. The van der Waals surface area contributed by atoms with E-state index in [4.69, 9.17) is 5.73 Å². The maximum absolute atomic E-state index is 6.03. The van der Waals surface area contributed by atoms with Crippen molar-refractivity contribution in [2.45, 2.75) is 64.1 Å². The van der Waals surface area contributed by atoms with E-state index in [0.29, 0.717) is 18.1 Å². The lowest BCUT2D eigenvalue weighted by atomic mass is 9.92. The first-order valence-electron chi connectivity index (χ1n) is 7.77. The summed E-state index contributed by atoms with van der Waals surface area (Å²) in [5.74, 6) is 0. The first-order valence-corrected chi connectivity index (χ1v) is 7.77. The number of hydrogen-bond acceptors (Lipinski definition) is 2. The molecule has 0 spiro atoms. The number of piperidine rings is 1. The Morgan fingerprint density at radius 2 is 2.11 bits per heavy atom. The highest BCUT2D eigenvalue weighted by Gasteiger charge is 2.36. The maximum Gasteiger partial charge on any atom is 0.0360 e. The van der Waals surface area contributed by atoms with Crippen molar-refractivity contribution in [1.29, 1.82) is 0 Å². The normalized spacial score (nSPS) is 31.4. The third-order valence-electron chi connectivity index (χ3n) is 5.07. The number of aryl methyl sites for hydroxylation is 2. The van der Waals surface area contributed by atoms with Crippen molar-refractivity contribution in [3.63, 3.8) is 0 Å². The summed E-state index contributed by atoms with van der Waals surface area (Å²) in [4.78, 5) is 2.73. The van der Waals surface area contributed by atoms with Crippen molar-refractivity contribution in [1.82, 2.24) is 4.90 Å². The van der Waals surface area contributed by atoms with Gasteiger partial charge in [-0.1, -0.05) is 30.2 Å². The Kier molecular flexibility index (Phi) is 3.64. The van der Waals surface area contributed by atoms with Gasteiger partial charge in [0, 0.05) is 24.7 Å². The molecule has 1 aromatic carbocycles. The van der Waals surface area contributed by atoms with Gasteiger partial charge in [-0.05, 0) is 50.7 Å². The highest BCUT2D eigenvalue weighted by Crippen LogP contribution is 2.41. The summed E-state index contributed by atoms with van der Waals surface area (Å²) in [5.41, 5.74) is 10.6. The molecule has 0 saturated carbocycles. The van der Waals surface area contributed by atoms with Crippen LogP contribution in [0.4, 0.5) is 0 Å². The fraction of sp³-hybridized carbons (Fsp3) is 0.647. The molecular formula is C17H26N2. The summed E-state index contributed by atoms with van der Waals surface area (Å²) < 4.78 is 0. The summed E-state index contributed by atoms with van der Waals surface area (Å²) in [5, 5.41) is 0. The number of nitrogens with two attached hydrogens (primary N) is 1. The summed E-state index contributed by atoms with van der Waals surface area (Å²) in [6.07, 6.45) is 6.46. The van der Waals surface area contributed by atoms with Crippen LogP contribution in [0.3, 0.4) is 0 Å². The van der Waals surface area contributed by atoms with Gasteiger partial charge in [0.25, 0.3) is 0 Å². The molecule has 104 valence electrons. The smallest absolute Gasteiger partial charge is 0.0360 e. The average molecular weight is 258 g/mol. The lowest BCUT2D eigenvalue weighted by Crippen LogP contribution is -2.50. The van der Waals surface area contributed by atoms with E-state index in [1.54, 1.807) is 11.1 Å². The molecule has 1 heterocycles. The zero-order chi connectivity index (χ0) is 13.4. The predicted octanol–water partition coefficient (Wildman–Crippen LogP) is 3.18. The van der Waals surface area contributed by atoms with Gasteiger partial charge < -0.3 is 5.73 Å². The fourth-order valence-corrected chi connectivity index (χ4v) is 4.12. The Labute approximate surface area is 117 Å². The molecular weight excluding hydrogens is 232 g/mol. The van der Waals surface area contributed by atoms with E-state index in [1.165, 1.54) is 37.7 Å². The molecule has 2 aliphatic rings. The molecule has 1 aliphatic carbocycles. The molecule has 2 heteroatoms. The van der Waals surface area contributed by atoms with E-state index in [2.05, 4.69) is 36.9 Å². The molecule has 1 aromatic rings. The van der Waals surface area contributed by atoms with Crippen LogP contribution in [0.1, 0.15) is 55.3 Å². The molecule has 3 unspecified atom stereocenters. The van der Waals surface area contributed by atoms with Gasteiger partial charge in [0.05, 0.1) is 0 Å². The molecule has 2 nitrogen and oxygen atoms in total. The topological polar surface area (TPSA) is 29.3 Å². The lowest BCUT2D eigenvalue weighted by molar-refractivity contribution is 0.0497. The van der Waals surface area contributed by atoms with Gasteiger partial charge in [0.1, 0.15) is 0 Å². The lowest BCUT2D eigenvalue weighted by Gasteiger charge is -2.44. The van der Waals surface area contributed by atoms with Crippen molar-refractivity contribution in [3.05, 3.63) is 34.9 Å². The van der Waals surface area contributed by atoms with Crippen LogP contribution in [0.15, 0.2) is 18.2 Å². The van der Waals surface area contributed by atoms with Gasteiger partial charge in [0.15, 0.2) is 0 Å². The van der Waals surface area contributed by atoms with Crippen molar-refractivity contribution >= 4 is 0 Å². The van der Waals surface area contributed by atoms with Gasteiger partial charge >= 0.3 is 0 Å². The zero-order valence-corrected chi connectivity index (χ0v) is 12.2. The van der Waals surface area contributed by atoms with E-state index in [-0.39, 0.29) is 0 Å². The van der Waals surface area contributed by atoms with E-state index in [9.17, 15) is 0 Å². The average Bonchev–Trinajstić information content (AvgIpc) is 2.81. The summed E-state index contributed by atoms with van der Waals surface area (Å²) >= 11 is 0. The van der Waals surface area contributed by atoms with Crippen LogP contribution in [0, 0.1) is 6.92 Å². The number of nitrogens with zero attached hydrogens (tertiary/aromatic N) is 1. The van der Waals surface area contributed by atoms with Gasteiger partial charge in [-0.25, -0.2) is 0 Å². The Morgan fingerprint density at radius 1 is 1.26 bits per heavy atom. The molecule has 0 aromatic heterocycles. The van der Waals surface area contributed by atoms with Crippen LogP contribution >= 0.6 is 0 Å². The van der Waals surface area contributed by atoms with E-state index < -0.39 is 0 Å². The number of rotatable bonds is 2. The summed E-state index contributed by atoms with van der Waals surface area (Å²) in [6.45, 7) is 5.40. The monoisotopic (exact) mass is 258 g/mol. The SMILES string of the molecule is Cc1ccc2c(c1)C(N1C(C)CCCC1CN)CC2. The van der Waals surface area contributed by atoms with Gasteiger partial charge in [0.2, 0.25) is 0 Å². The zero-order valence-electron chi connectivity index (χ0n) is 12.2. The molecule has 3 rings (SSSR count). The highest BCUT2D eigenvalue weighted by atomic mass is 15.2. The minimum absolute atomic E-state index is 0.584. The molecule has 19 heavy (non-hydrogen) atoms. The minimum Gasteiger partial charge on any atom is -0.329 e. The number of hydrogen-bond donors (Lipinski definition) is 1. The fourth-order valence-electron chi connectivity index (χ4n) is 4.12. The summed E-state index contributed by atoms with van der Waals surface area (Å²) in [6, 6.07) is 8.86. The van der Waals surface area contributed by atoms with Crippen LogP contribution in [0.2, 0.25) is 0 Å². The van der Waals surface area contributed by atoms with Crippen molar-refractivity contribution in [2.75, 3.05) is 6.54 Å². The van der Waals surface area contributed by atoms with Crippen LogP contribution in [-0.2, 0) is 6.42 Å². The summed E-state index contributed by atoms with van der Waals surface area (Å²) in [7, 11) is 0. The van der Waals surface area contributed by atoms with Crippen molar-refractivity contribution in [3.8, 4) is 0 Å². The first kappa shape index (κ1) is 13.1. The molecule has 2 N–H and O–H groups in total. The number of likely N-dealkylation sites (tertiary alicyclic amines) is 1. The number of benzene rings is 1. The van der Waals surface area contributed by atoms with Crippen molar-refractivity contribution in [2.24, 2.45) is 5.73 Å². The Hall–Kier alpha value is -0.860. The quantitative estimate of drug-likeness (QED) is 0.882. The van der Waals surface area contributed by atoms with E-state index >= 15 is 0 Å². The van der Waals surface area contributed by atoms with Crippen LogP contribution in [0.25, 0.3) is 0 Å². The molecule has 1 aliphatic heterocycles. The molecule has 0 radical (unpaired) electrons. The maximum atomic E-state index is 6.03. The second-order valence-corrected chi connectivity index (χ2v) is 6.37. The van der Waals surface area contributed by atoms with E-state index in [1.807, 2.05) is 0 Å². The standard InChI is InChI=1S/C17H26N2/c1-12-6-7-14-8-9-17(16(14)10-12)19-13(2)4-3-5-15(19)11-18/h6-7,10,13,15,17H,3-5,8-9,11,18H2,1-2H3. The highest BCUT2D eigenvalue weighted by molar-refractivity contribution is 5.38.